The molecule has 1 saturated heterocycles. The Bertz CT molecular complexity index is 248. The maximum atomic E-state index is 11.6. The number of hydrogen-bond donors (Lipinski definition) is 3. The lowest BCUT2D eigenvalue weighted by Crippen LogP contribution is -2.48. The van der Waals surface area contributed by atoms with Crippen LogP contribution in [0.4, 0.5) is 0 Å². The number of hydrogen-bond acceptors (Lipinski definition) is 4. The van der Waals surface area contributed by atoms with Crippen LogP contribution in [0.5, 0.6) is 0 Å². The van der Waals surface area contributed by atoms with E-state index in [-0.39, 0.29) is 18.4 Å². The van der Waals surface area contributed by atoms with Gasteiger partial charge in [0.15, 0.2) is 0 Å². The maximum absolute atomic E-state index is 11.6. The number of rotatable bonds is 3. The van der Waals surface area contributed by atoms with E-state index in [4.69, 9.17) is 10.8 Å². The Morgan fingerprint density at radius 3 is 2.40 bits per heavy atom. The molecule has 1 aliphatic heterocycles. The van der Waals surface area contributed by atoms with Crippen molar-refractivity contribution in [2.24, 2.45) is 5.73 Å². The summed E-state index contributed by atoms with van der Waals surface area (Å²) in [5.41, 5.74) is 5.45. The Balaban J connectivity index is 2.42. The molecule has 0 unspecified atom stereocenters. The first-order valence-corrected chi connectivity index (χ1v) is 4.95. The van der Waals surface area contributed by atoms with Gasteiger partial charge in [-0.05, 0) is 12.8 Å². The molecule has 0 saturated carbocycles. The van der Waals surface area contributed by atoms with E-state index in [2.05, 4.69) is 0 Å². The second kappa shape index (κ2) is 5.09. The van der Waals surface area contributed by atoms with Gasteiger partial charge < -0.3 is 20.8 Å². The molecule has 0 aliphatic carbocycles. The van der Waals surface area contributed by atoms with Gasteiger partial charge in [0.25, 0.3) is 0 Å². The molecule has 0 aromatic heterocycles. The smallest absolute Gasteiger partial charge is 0.305 e. The number of aliphatic hydroxyl groups excluding tert-OH is 1. The van der Waals surface area contributed by atoms with Crippen LogP contribution in [0.25, 0.3) is 0 Å². The summed E-state index contributed by atoms with van der Waals surface area (Å²) in [4.78, 5) is 23.5. The number of carboxylic acid groups (broad SMARTS) is 1. The van der Waals surface area contributed by atoms with Crippen LogP contribution in [0.2, 0.25) is 0 Å². The monoisotopic (exact) mass is 216 g/mol. The van der Waals surface area contributed by atoms with Crippen molar-refractivity contribution >= 4 is 11.9 Å². The van der Waals surface area contributed by atoms with Crippen LogP contribution in [-0.4, -0.2) is 52.2 Å². The molecule has 6 heteroatoms. The second-order valence-electron chi connectivity index (χ2n) is 3.76. The van der Waals surface area contributed by atoms with Crippen LogP contribution in [0.3, 0.4) is 0 Å². The number of amides is 1. The van der Waals surface area contributed by atoms with Gasteiger partial charge in [-0.2, -0.15) is 0 Å². The van der Waals surface area contributed by atoms with Crippen LogP contribution < -0.4 is 5.73 Å². The lowest BCUT2D eigenvalue weighted by Gasteiger charge is -2.31. The molecular weight excluding hydrogens is 200 g/mol. The van der Waals surface area contributed by atoms with Crippen molar-refractivity contribution in [2.45, 2.75) is 31.4 Å². The fourth-order valence-corrected chi connectivity index (χ4v) is 1.60. The number of carbonyl (C=O) groups excluding carboxylic acids is 1. The first kappa shape index (κ1) is 11.9. The summed E-state index contributed by atoms with van der Waals surface area (Å²) in [6.07, 6.45) is 0.360. The first-order chi connectivity index (χ1) is 7.00. The third-order valence-electron chi connectivity index (χ3n) is 2.49. The van der Waals surface area contributed by atoms with E-state index in [0.29, 0.717) is 25.9 Å². The molecule has 1 atom stereocenters. The molecule has 1 rings (SSSR count). The van der Waals surface area contributed by atoms with E-state index in [9.17, 15) is 14.7 Å². The van der Waals surface area contributed by atoms with Gasteiger partial charge in [-0.1, -0.05) is 0 Å². The van der Waals surface area contributed by atoms with Gasteiger partial charge in [-0.3, -0.25) is 9.59 Å². The van der Waals surface area contributed by atoms with E-state index in [0.717, 1.165) is 0 Å². The summed E-state index contributed by atoms with van der Waals surface area (Å²) >= 11 is 0. The fraction of sp³-hybridized carbons (Fsp3) is 0.778. The summed E-state index contributed by atoms with van der Waals surface area (Å²) in [7, 11) is 0. The number of carboxylic acids is 1. The molecule has 1 heterocycles. The van der Waals surface area contributed by atoms with Gasteiger partial charge in [0.1, 0.15) is 0 Å². The molecule has 15 heavy (non-hydrogen) atoms. The van der Waals surface area contributed by atoms with Crippen molar-refractivity contribution in [2.75, 3.05) is 13.1 Å². The minimum absolute atomic E-state index is 0.343. The SMILES string of the molecule is N[C@@H](CC(=O)O)C(=O)N1CCC(O)CC1. The highest BCUT2D eigenvalue weighted by Gasteiger charge is 2.26. The van der Waals surface area contributed by atoms with Gasteiger partial charge in [0.05, 0.1) is 18.6 Å². The van der Waals surface area contributed by atoms with E-state index in [1.54, 1.807) is 0 Å². The summed E-state index contributed by atoms with van der Waals surface area (Å²) in [6.45, 7) is 0.903. The standard InChI is InChI=1S/C9H16N2O4/c10-7(5-8(13)14)9(15)11-3-1-6(12)2-4-11/h6-7,12H,1-5,10H2,(H,13,14)/t7-/m0/s1. The highest BCUT2D eigenvalue weighted by atomic mass is 16.4. The van der Waals surface area contributed by atoms with Gasteiger partial charge in [-0.25, -0.2) is 0 Å². The zero-order valence-electron chi connectivity index (χ0n) is 8.43. The van der Waals surface area contributed by atoms with Crippen molar-refractivity contribution in [1.29, 1.82) is 0 Å². The predicted octanol–water partition coefficient (Wildman–Crippen LogP) is -1.23. The second-order valence-corrected chi connectivity index (χ2v) is 3.76. The maximum Gasteiger partial charge on any atom is 0.305 e. The summed E-state index contributed by atoms with van der Waals surface area (Å²) in [5, 5.41) is 17.7. The Hall–Kier alpha value is -1.14. The third kappa shape index (κ3) is 3.49. The van der Waals surface area contributed by atoms with Crippen LogP contribution in [0.1, 0.15) is 19.3 Å². The normalized spacial score (nSPS) is 20.0. The molecule has 0 bridgehead atoms. The number of likely N-dealkylation sites (tertiary alicyclic amines) is 1. The van der Waals surface area contributed by atoms with E-state index in [1.807, 2.05) is 0 Å². The van der Waals surface area contributed by atoms with Crippen LogP contribution in [-0.2, 0) is 9.59 Å². The largest absolute Gasteiger partial charge is 0.481 e. The van der Waals surface area contributed by atoms with Crippen LogP contribution >= 0.6 is 0 Å². The molecule has 4 N–H and O–H groups in total. The average molecular weight is 216 g/mol. The van der Waals surface area contributed by atoms with Crippen molar-refractivity contribution < 1.29 is 19.8 Å². The zero-order valence-corrected chi connectivity index (χ0v) is 8.43. The number of carbonyl (C=O) groups is 2. The Morgan fingerprint density at radius 2 is 1.93 bits per heavy atom. The van der Waals surface area contributed by atoms with Crippen molar-refractivity contribution in [3.63, 3.8) is 0 Å². The van der Waals surface area contributed by atoms with Crippen molar-refractivity contribution in [3.05, 3.63) is 0 Å². The van der Waals surface area contributed by atoms with Crippen LogP contribution in [0, 0.1) is 0 Å². The Kier molecular flexibility index (Phi) is 4.05. The van der Waals surface area contributed by atoms with Crippen LogP contribution in [0.15, 0.2) is 0 Å². The first-order valence-electron chi connectivity index (χ1n) is 4.95. The molecular formula is C9H16N2O4. The highest BCUT2D eigenvalue weighted by Crippen LogP contribution is 2.11. The molecule has 0 radical (unpaired) electrons. The highest BCUT2D eigenvalue weighted by molar-refractivity contribution is 5.86. The fourth-order valence-electron chi connectivity index (χ4n) is 1.60. The molecule has 0 aromatic carbocycles. The molecule has 1 aliphatic rings. The molecule has 6 nitrogen and oxygen atoms in total. The van der Waals surface area contributed by atoms with E-state index in [1.165, 1.54) is 4.90 Å². The average Bonchev–Trinajstić information content (AvgIpc) is 2.17. The van der Waals surface area contributed by atoms with Crippen molar-refractivity contribution in [3.8, 4) is 0 Å². The number of aliphatic carboxylic acids is 1. The van der Waals surface area contributed by atoms with E-state index >= 15 is 0 Å². The number of nitrogens with two attached hydrogens (primary N) is 1. The molecule has 86 valence electrons. The van der Waals surface area contributed by atoms with Gasteiger partial charge in [0.2, 0.25) is 5.91 Å². The summed E-state index contributed by atoms with van der Waals surface area (Å²) < 4.78 is 0. The Morgan fingerprint density at radius 1 is 1.40 bits per heavy atom. The lowest BCUT2D eigenvalue weighted by atomic mass is 10.1. The van der Waals surface area contributed by atoms with Crippen molar-refractivity contribution in [1.82, 2.24) is 4.90 Å². The number of aliphatic hydroxyl groups is 1. The lowest BCUT2D eigenvalue weighted by molar-refractivity contribution is -0.142. The quantitative estimate of drug-likeness (QED) is 0.548. The van der Waals surface area contributed by atoms with Gasteiger partial charge in [-0.15, -0.1) is 0 Å². The topological polar surface area (TPSA) is 104 Å². The van der Waals surface area contributed by atoms with Gasteiger partial charge >= 0.3 is 5.97 Å². The minimum atomic E-state index is -1.08. The summed E-state index contributed by atoms with van der Waals surface area (Å²) in [6, 6.07) is -0.974. The minimum Gasteiger partial charge on any atom is -0.481 e. The molecule has 0 aromatic rings. The number of nitrogens with zero attached hydrogens (tertiary/aromatic N) is 1. The van der Waals surface area contributed by atoms with E-state index < -0.39 is 12.0 Å². The number of piperidine rings is 1. The third-order valence-corrected chi connectivity index (χ3v) is 2.49. The molecule has 1 fully saturated rings. The zero-order chi connectivity index (χ0) is 11.4. The predicted molar refractivity (Wildman–Crippen MR) is 52.0 cm³/mol. The molecule has 1 amide bonds. The van der Waals surface area contributed by atoms with Gasteiger partial charge in [0, 0.05) is 13.1 Å². The summed E-state index contributed by atoms with van der Waals surface area (Å²) in [5.74, 6) is -1.42. The Labute approximate surface area is 87.7 Å². The molecule has 0 spiro atoms.